The lowest BCUT2D eigenvalue weighted by Gasteiger charge is -2.12. The molecule has 0 spiro atoms. The molecule has 14 aromatic rings. The summed E-state index contributed by atoms with van der Waals surface area (Å²) in [6.45, 7) is 0. The van der Waals surface area contributed by atoms with Crippen LogP contribution in [-0.4, -0.2) is 18.7 Å². The lowest BCUT2D eigenvalue weighted by molar-refractivity contribution is 0.669. The number of furan rings is 1. The van der Waals surface area contributed by atoms with Gasteiger partial charge in [0, 0.05) is 48.8 Å². The first-order chi connectivity index (χ1) is 31.7. The third kappa shape index (κ3) is 5.09. The summed E-state index contributed by atoms with van der Waals surface area (Å²) in [5, 5.41) is 9.51. The van der Waals surface area contributed by atoms with E-state index in [0.29, 0.717) is 0 Å². The van der Waals surface area contributed by atoms with Gasteiger partial charge in [-0.2, -0.15) is 0 Å². The number of para-hydroxylation sites is 4. The Labute approximate surface area is 366 Å². The first-order valence-electron chi connectivity index (χ1n) is 21.8. The summed E-state index contributed by atoms with van der Waals surface area (Å²) in [7, 11) is 0. The van der Waals surface area contributed by atoms with Gasteiger partial charge in [0.2, 0.25) is 0 Å². The molecular formula is C59H36N4O. The van der Waals surface area contributed by atoms with E-state index in [0.717, 1.165) is 72.2 Å². The zero-order valence-corrected chi connectivity index (χ0v) is 34.5. The fourth-order valence-corrected chi connectivity index (χ4v) is 10.4. The van der Waals surface area contributed by atoms with Crippen LogP contribution in [0.25, 0.3) is 127 Å². The van der Waals surface area contributed by atoms with Crippen molar-refractivity contribution < 1.29 is 4.42 Å². The standard InChI is InChI=1S/C59H36N4O/c1-2-12-37(13-3-1)40-22-26-48-46-16-6-8-18-52(46)61(57(48)32-40)41-25-29-59-51(34-41)50-31-39(24-28-58(50)64-59)38-23-27-56-49(30-38)47-17-7-11-21-55(47)63(56)43-33-42(35-60-36-43)62-53-19-9-4-14-44(53)45-15-5-10-20-54(45)62/h1-36H. The van der Waals surface area contributed by atoms with Crippen LogP contribution in [0.4, 0.5) is 0 Å². The molecule has 0 amide bonds. The fourth-order valence-electron chi connectivity index (χ4n) is 10.4. The average Bonchev–Trinajstić information content (AvgIpc) is 4.10. The summed E-state index contributed by atoms with van der Waals surface area (Å²) in [6, 6.07) is 74.4. The molecule has 5 heterocycles. The van der Waals surface area contributed by atoms with Gasteiger partial charge in [-0.1, -0.05) is 127 Å². The van der Waals surface area contributed by atoms with E-state index in [4.69, 9.17) is 9.40 Å². The van der Waals surface area contributed by atoms with Crippen molar-refractivity contribution in [2.75, 3.05) is 0 Å². The van der Waals surface area contributed by atoms with Crippen molar-refractivity contribution in [2.45, 2.75) is 0 Å². The molecule has 0 radical (unpaired) electrons. The Balaban J connectivity index is 0.903. The number of benzene rings is 9. The highest BCUT2D eigenvalue weighted by atomic mass is 16.3. The molecular weight excluding hydrogens is 781 g/mol. The third-order valence-corrected chi connectivity index (χ3v) is 13.3. The van der Waals surface area contributed by atoms with Gasteiger partial charge in [-0.3, -0.25) is 4.98 Å². The summed E-state index contributed by atoms with van der Waals surface area (Å²) in [5.74, 6) is 0. The van der Waals surface area contributed by atoms with Crippen LogP contribution in [0.15, 0.2) is 223 Å². The maximum Gasteiger partial charge on any atom is 0.135 e. The van der Waals surface area contributed by atoms with Crippen molar-refractivity contribution in [1.29, 1.82) is 0 Å². The van der Waals surface area contributed by atoms with Gasteiger partial charge in [-0.25, -0.2) is 0 Å². The lowest BCUT2D eigenvalue weighted by atomic mass is 10.0. The molecule has 0 unspecified atom stereocenters. The molecule has 0 atom stereocenters. The van der Waals surface area contributed by atoms with E-state index in [1.54, 1.807) is 0 Å². The molecule has 0 aliphatic rings. The van der Waals surface area contributed by atoms with Crippen LogP contribution in [0.3, 0.4) is 0 Å². The molecule has 9 aromatic carbocycles. The van der Waals surface area contributed by atoms with Crippen molar-refractivity contribution in [1.82, 2.24) is 18.7 Å². The Bertz CT molecular complexity index is 4150. The number of nitrogens with zero attached hydrogens (tertiary/aromatic N) is 4. The van der Waals surface area contributed by atoms with Gasteiger partial charge in [0.25, 0.3) is 0 Å². The van der Waals surface area contributed by atoms with Crippen molar-refractivity contribution in [3.63, 3.8) is 0 Å². The van der Waals surface area contributed by atoms with Crippen molar-refractivity contribution in [2.24, 2.45) is 0 Å². The van der Waals surface area contributed by atoms with Gasteiger partial charge >= 0.3 is 0 Å². The van der Waals surface area contributed by atoms with Gasteiger partial charge in [-0.15, -0.1) is 0 Å². The van der Waals surface area contributed by atoms with E-state index >= 15 is 0 Å². The van der Waals surface area contributed by atoms with Gasteiger partial charge in [-0.05, 0) is 101 Å². The maximum atomic E-state index is 6.51. The normalized spacial score (nSPS) is 12.1. The molecule has 0 aliphatic carbocycles. The Hall–Kier alpha value is -8.67. The monoisotopic (exact) mass is 816 g/mol. The number of rotatable bonds is 5. The molecule has 14 rings (SSSR count). The molecule has 0 bridgehead atoms. The van der Waals surface area contributed by atoms with Gasteiger partial charge in [0.15, 0.2) is 0 Å². The zero-order valence-electron chi connectivity index (χ0n) is 34.5. The van der Waals surface area contributed by atoms with Gasteiger partial charge in [0.05, 0.1) is 56.9 Å². The van der Waals surface area contributed by atoms with Crippen LogP contribution in [0.2, 0.25) is 0 Å². The number of hydrogen-bond acceptors (Lipinski definition) is 2. The molecule has 5 aromatic heterocycles. The Morgan fingerprint density at radius 2 is 0.703 bits per heavy atom. The summed E-state index contributed by atoms with van der Waals surface area (Å²) >= 11 is 0. The van der Waals surface area contributed by atoms with E-state index in [2.05, 4.69) is 220 Å². The molecule has 0 N–H and O–H groups in total. The predicted molar refractivity (Wildman–Crippen MR) is 265 cm³/mol. The second-order valence-electron chi connectivity index (χ2n) is 16.8. The molecule has 298 valence electrons. The van der Waals surface area contributed by atoms with E-state index in [9.17, 15) is 0 Å². The van der Waals surface area contributed by atoms with E-state index in [-0.39, 0.29) is 0 Å². The third-order valence-electron chi connectivity index (χ3n) is 13.3. The highest BCUT2D eigenvalue weighted by Gasteiger charge is 2.19. The second kappa shape index (κ2) is 13.4. The Kier molecular flexibility index (Phi) is 7.33. The summed E-state index contributed by atoms with van der Waals surface area (Å²) in [5.41, 5.74) is 16.5. The molecule has 5 heteroatoms. The van der Waals surface area contributed by atoms with E-state index < -0.39 is 0 Å². The number of aromatic nitrogens is 4. The van der Waals surface area contributed by atoms with Crippen LogP contribution < -0.4 is 0 Å². The van der Waals surface area contributed by atoms with Crippen molar-refractivity contribution >= 4 is 87.4 Å². The van der Waals surface area contributed by atoms with Crippen LogP contribution >= 0.6 is 0 Å². The molecule has 0 saturated heterocycles. The molecule has 0 aliphatic heterocycles. The largest absolute Gasteiger partial charge is 0.456 e. The maximum absolute atomic E-state index is 6.51. The van der Waals surface area contributed by atoms with Gasteiger partial charge < -0.3 is 18.1 Å². The SMILES string of the molecule is c1ccc(-c2ccc3c4ccccc4n(-c4ccc5oc6ccc(-c7ccc8c(c7)c7ccccc7n8-c7cncc(-n8c9ccccc9c9ccccc98)c7)cc6c5c4)c3c2)cc1. The number of pyridine rings is 1. The minimum atomic E-state index is 0.872. The Morgan fingerprint density at radius 1 is 0.266 bits per heavy atom. The number of fused-ring (bicyclic) bond motifs is 12. The zero-order chi connectivity index (χ0) is 41.9. The van der Waals surface area contributed by atoms with Crippen molar-refractivity contribution in [3.8, 4) is 39.3 Å². The van der Waals surface area contributed by atoms with Crippen LogP contribution in [0.1, 0.15) is 0 Å². The molecule has 64 heavy (non-hydrogen) atoms. The van der Waals surface area contributed by atoms with E-state index in [1.165, 1.54) is 54.5 Å². The summed E-state index contributed by atoms with van der Waals surface area (Å²) in [6.07, 6.45) is 3.95. The van der Waals surface area contributed by atoms with Crippen molar-refractivity contribution in [3.05, 3.63) is 219 Å². The first kappa shape index (κ1) is 35.0. The van der Waals surface area contributed by atoms with E-state index in [1.807, 2.05) is 12.4 Å². The highest BCUT2D eigenvalue weighted by Crippen LogP contribution is 2.41. The molecule has 0 fully saturated rings. The molecule has 5 nitrogen and oxygen atoms in total. The minimum Gasteiger partial charge on any atom is -0.456 e. The number of hydrogen-bond donors (Lipinski definition) is 0. The topological polar surface area (TPSA) is 40.8 Å². The van der Waals surface area contributed by atoms with Crippen LogP contribution in [-0.2, 0) is 0 Å². The highest BCUT2D eigenvalue weighted by molar-refractivity contribution is 6.14. The second-order valence-corrected chi connectivity index (χ2v) is 16.8. The summed E-state index contributed by atoms with van der Waals surface area (Å²) < 4.78 is 13.6. The quantitative estimate of drug-likeness (QED) is 0.174. The lowest BCUT2D eigenvalue weighted by Crippen LogP contribution is -1.99. The minimum absolute atomic E-state index is 0.872. The van der Waals surface area contributed by atoms with Crippen LogP contribution in [0.5, 0.6) is 0 Å². The fraction of sp³-hybridized carbons (Fsp3) is 0. The predicted octanol–water partition coefficient (Wildman–Crippen LogP) is 15.6. The molecule has 0 saturated carbocycles. The summed E-state index contributed by atoms with van der Waals surface area (Å²) in [4.78, 5) is 4.85. The average molecular weight is 817 g/mol. The Morgan fingerprint density at radius 3 is 1.33 bits per heavy atom. The first-order valence-corrected chi connectivity index (χ1v) is 21.8. The smallest absolute Gasteiger partial charge is 0.135 e. The van der Waals surface area contributed by atoms with Gasteiger partial charge in [0.1, 0.15) is 11.2 Å². The van der Waals surface area contributed by atoms with Crippen LogP contribution in [0, 0.1) is 0 Å².